The minimum absolute atomic E-state index is 0.756. The molecule has 1 aromatic rings. The molecule has 4 rings (SSSR count). The molecule has 1 aromatic carbocycles. The predicted octanol–water partition coefficient (Wildman–Crippen LogP) is 2.30. The number of piperidine rings is 1. The third-order valence-electron chi connectivity index (χ3n) is 4.19. The number of fused-ring (bicyclic) bond motifs is 6. The highest BCUT2D eigenvalue weighted by atomic mass is 14.9. The Bertz CT molecular complexity index is 476. The van der Waals surface area contributed by atoms with Gasteiger partial charge in [-0.25, -0.2) is 0 Å². The largest absolute Gasteiger partial charge is 0.381 e. The minimum Gasteiger partial charge on any atom is -0.381 e. The van der Waals surface area contributed by atoms with Crippen LogP contribution < -0.4 is 10.6 Å². The quantitative estimate of drug-likeness (QED) is 0.689. The number of benzene rings is 1. The van der Waals surface area contributed by atoms with Gasteiger partial charge in [-0.2, -0.15) is 0 Å². The maximum Gasteiger partial charge on any atom is 0.0419 e. The average molecular weight is 212 g/mol. The molecule has 82 valence electrons. The van der Waals surface area contributed by atoms with Crippen LogP contribution in [0.25, 0.3) is 6.08 Å². The van der Waals surface area contributed by atoms with Crippen LogP contribution in [0.4, 0.5) is 5.69 Å². The molecule has 0 amide bonds. The van der Waals surface area contributed by atoms with E-state index in [1.54, 1.807) is 11.1 Å². The molecule has 16 heavy (non-hydrogen) atoms. The van der Waals surface area contributed by atoms with Gasteiger partial charge in [-0.3, -0.25) is 0 Å². The Balaban J connectivity index is 1.91. The van der Waals surface area contributed by atoms with Gasteiger partial charge in [0.15, 0.2) is 0 Å². The van der Waals surface area contributed by atoms with Gasteiger partial charge < -0.3 is 10.6 Å². The molecule has 2 N–H and O–H groups in total. The molecule has 2 heteroatoms. The maximum absolute atomic E-state index is 3.55. The zero-order valence-electron chi connectivity index (χ0n) is 9.29. The molecule has 1 aliphatic carbocycles. The van der Waals surface area contributed by atoms with Gasteiger partial charge in [0.05, 0.1) is 0 Å². The number of hydrogen-bond donors (Lipinski definition) is 2. The summed E-state index contributed by atoms with van der Waals surface area (Å²) in [5.41, 5.74) is 5.89. The molecule has 0 radical (unpaired) electrons. The molecule has 1 saturated heterocycles. The molecule has 0 spiro atoms. The zero-order chi connectivity index (χ0) is 10.5. The second-order valence-electron chi connectivity index (χ2n) is 5.14. The first kappa shape index (κ1) is 8.82. The van der Waals surface area contributed by atoms with Crippen molar-refractivity contribution in [2.24, 2.45) is 0 Å². The second-order valence-corrected chi connectivity index (χ2v) is 5.14. The first-order chi connectivity index (χ1) is 7.92. The SMILES string of the molecule is C1=Cc2cc3c(cc2NC1)C1CNCC3C1. The summed E-state index contributed by atoms with van der Waals surface area (Å²) in [5, 5.41) is 7.01. The zero-order valence-corrected chi connectivity index (χ0v) is 9.29. The summed E-state index contributed by atoms with van der Waals surface area (Å²) >= 11 is 0. The Morgan fingerprint density at radius 1 is 1.06 bits per heavy atom. The fourth-order valence-corrected chi connectivity index (χ4v) is 3.42. The van der Waals surface area contributed by atoms with Crippen molar-refractivity contribution >= 4 is 11.8 Å². The predicted molar refractivity (Wildman–Crippen MR) is 66.9 cm³/mol. The highest BCUT2D eigenvalue weighted by Gasteiger charge is 2.34. The molecule has 2 aliphatic heterocycles. The molecule has 3 aliphatic rings. The van der Waals surface area contributed by atoms with Crippen LogP contribution in [0, 0.1) is 0 Å². The first-order valence-corrected chi connectivity index (χ1v) is 6.21. The fourth-order valence-electron chi connectivity index (χ4n) is 3.42. The highest BCUT2D eigenvalue weighted by molar-refractivity contribution is 5.73. The third-order valence-corrected chi connectivity index (χ3v) is 4.19. The van der Waals surface area contributed by atoms with Crippen LogP contribution in [0.2, 0.25) is 0 Å². The Kier molecular flexibility index (Phi) is 1.71. The normalized spacial score (nSPS) is 29.5. The van der Waals surface area contributed by atoms with Crippen molar-refractivity contribution in [3.63, 3.8) is 0 Å². The van der Waals surface area contributed by atoms with E-state index in [4.69, 9.17) is 0 Å². The van der Waals surface area contributed by atoms with Crippen molar-refractivity contribution in [3.8, 4) is 0 Å². The fraction of sp³-hybridized carbons (Fsp3) is 0.429. The van der Waals surface area contributed by atoms with Crippen LogP contribution in [-0.2, 0) is 0 Å². The van der Waals surface area contributed by atoms with Gasteiger partial charge in [-0.15, -0.1) is 0 Å². The van der Waals surface area contributed by atoms with E-state index < -0.39 is 0 Å². The van der Waals surface area contributed by atoms with E-state index >= 15 is 0 Å². The second kappa shape index (κ2) is 3.11. The molecule has 2 nitrogen and oxygen atoms in total. The molecular weight excluding hydrogens is 196 g/mol. The lowest BCUT2D eigenvalue weighted by atomic mass is 9.97. The van der Waals surface area contributed by atoms with Crippen molar-refractivity contribution < 1.29 is 0 Å². The molecular formula is C14H16N2. The van der Waals surface area contributed by atoms with E-state index in [9.17, 15) is 0 Å². The van der Waals surface area contributed by atoms with Crippen LogP contribution in [-0.4, -0.2) is 19.6 Å². The summed E-state index contributed by atoms with van der Waals surface area (Å²) in [6, 6.07) is 4.80. The van der Waals surface area contributed by atoms with Gasteiger partial charge in [0.25, 0.3) is 0 Å². The topological polar surface area (TPSA) is 24.1 Å². The van der Waals surface area contributed by atoms with Crippen molar-refractivity contribution in [3.05, 3.63) is 34.9 Å². The van der Waals surface area contributed by atoms with E-state index in [0.717, 1.165) is 24.9 Å². The van der Waals surface area contributed by atoms with Crippen molar-refractivity contribution in [1.29, 1.82) is 0 Å². The van der Waals surface area contributed by atoms with E-state index in [0.29, 0.717) is 0 Å². The molecule has 0 saturated carbocycles. The Morgan fingerprint density at radius 2 is 1.88 bits per heavy atom. The highest BCUT2D eigenvalue weighted by Crippen LogP contribution is 2.45. The molecule has 1 fully saturated rings. The summed E-state index contributed by atoms with van der Waals surface area (Å²) in [6.07, 6.45) is 5.81. The molecule has 2 heterocycles. The van der Waals surface area contributed by atoms with Gasteiger partial charge in [-0.05, 0) is 47.1 Å². The van der Waals surface area contributed by atoms with E-state index in [1.165, 1.54) is 24.2 Å². The maximum atomic E-state index is 3.55. The summed E-state index contributed by atoms with van der Waals surface area (Å²) in [5.74, 6) is 1.51. The van der Waals surface area contributed by atoms with Crippen LogP contribution >= 0.6 is 0 Å². The standard InChI is InChI=1S/C14H16N2/c1-2-9-5-12-10-4-11(8-15-7-10)13(12)6-14(9)16-3-1/h1-2,5-6,10-11,15-16H,3-4,7-8H2. The average Bonchev–Trinajstić information content (AvgIpc) is 2.59. The van der Waals surface area contributed by atoms with Crippen LogP contribution in [0.3, 0.4) is 0 Å². The lowest BCUT2D eigenvalue weighted by Gasteiger charge is -2.19. The van der Waals surface area contributed by atoms with E-state index in [2.05, 4.69) is 34.9 Å². The molecule has 2 atom stereocenters. The molecule has 2 bridgehead atoms. The van der Waals surface area contributed by atoms with Crippen molar-refractivity contribution in [1.82, 2.24) is 5.32 Å². The van der Waals surface area contributed by atoms with Crippen LogP contribution in [0.15, 0.2) is 18.2 Å². The lowest BCUT2D eigenvalue weighted by molar-refractivity contribution is 0.454. The number of hydrogen-bond acceptors (Lipinski definition) is 2. The van der Waals surface area contributed by atoms with Gasteiger partial charge in [0, 0.05) is 25.3 Å². The van der Waals surface area contributed by atoms with Gasteiger partial charge in [-0.1, -0.05) is 12.2 Å². The van der Waals surface area contributed by atoms with E-state index in [1.807, 2.05) is 0 Å². The van der Waals surface area contributed by atoms with Gasteiger partial charge >= 0.3 is 0 Å². The third kappa shape index (κ3) is 1.11. The summed E-state index contributed by atoms with van der Waals surface area (Å²) in [7, 11) is 0. The van der Waals surface area contributed by atoms with Crippen molar-refractivity contribution in [2.45, 2.75) is 18.3 Å². The Morgan fingerprint density at radius 3 is 2.75 bits per heavy atom. The van der Waals surface area contributed by atoms with Crippen LogP contribution in [0.5, 0.6) is 0 Å². The number of nitrogens with one attached hydrogen (secondary N) is 2. The molecule has 2 unspecified atom stereocenters. The van der Waals surface area contributed by atoms with Gasteiger partial charge in [0.2, 0.25) is 0 Å². The number of rotatable bonds is 0. The monoisotopic (exact) mass is 212 g/mol. The van der Waals surface area contributed by atoms with E-state index in [-0.39, 0.29) is 0 Å². The smallest absolute Gasteiger partial charge is 0.0419 e. The summed E-state index contributed by atoms with van der Waals surface area (Å²) in [6.45, 7) is 3.30. The summed E-state index contributed by atoms with van der Waals surface area (Å²) in [4.78, 5) is 0. The Hall–Kier alpha value is -1.28. The Labute approximate surface area is 95.7 Å². The lowest BCUT2D eigenvalue weighted by Crippen LogP contribution is -2.28. The first-order valence-electron chi connectivity index (χ1n) is 6.21. The van der Waals surface area contributed by atoms with Crippen LogP contribution in [0.1, 0.15) is 34.9 Å². The van der Waals surface area contributed by atoms with Crippen molar-refractivity contribution in [2.75, 3.05) is 25.0 Å². The minimum atomic E-state index is 0.756. The summed E-state index contributed by atoms with van der Waals surface area (Å²) < 4.78 is 0. The molecule has 0 aromatic heterocycles. The van der Waals surface area contributed by atoms with Gasteiger partial charge in [0.1, 0.15) is 0 Å². The number of anilines is 1.